The average molecular weight is 229 g/mol. The number of nitrogens with zero attached hydrogens (tertiary/aromatic N) is 1. The van der Waals surface area contributed by atoms with Crippen LogP contribution in [-0.2, 0) is 9.59 Å². The number of carboxylic acid groups (broad SMARTS) is 1. The van der Waals surface area contributed by atoms with E-state index in [0.717, 1.165) is 19.3 Å². The first-order valence-corrected chi connectivity index (χ1v) is 5.98. The van der Waals surface area contributed by atoms with Crippen molar-refractivity contribution in [1.82, 2.24) is 4.90 Å². The van der Waals surface area contributed by atoms with Gasteiger partial charge in [-0.3, -0.25) is 9.59 Å². The SMILES string of the molecule is CCCCN(C(=O)C(C)C(=O)O)C(C)CC. The Hall–Kier alpha value is -1.06. The van der Waals surface area contributed by atoms with Crippen LogP contribution in [0.1, 0.15) is 47.0 Å². The van der Waals surface area contributed by atoms with Crippen molar-refractivity contribution in [1.29, 1.82) is 0 Å². The third-order valence-electron chi connectivity index (χ3n) is 2.90. The summed E-state index contributed by atoms with van der Waals surface area (Å²) in [6.07, 6.45) is 2.77. The monoisotopic (exact) mass is 229 g/mol. The lowest BCUT2D eigenvalue weighted by atomic mass is 10.1. The number of carboxylic acids is 1. The van der Waals surface area contributed by atoms with Gasteiger partial charge >= 0.3 is 5.97 Å². The first kappa shape index (κ1) is 14.9. The molecule has 0 aromatic heterocycles. The number of aliphatic carboxylic acids is 1. The Bertz CT molecular complexity index is 240. The fraction of sp³-hybridized carbons (Fsp3) is 0.833. The van der Waals surface area contributed by atoms with Gasteiger partial charge in [0.25, 0.3) is 0 Å². The fourth-order valence-electron chi connectivity index (χ4n) is 1.45. The maximum absolute atomic E-state index is 11.9. The van der Waals surface area contributed by atoms with Gasteiger partial charge in [0.1, 0.15) is 5.92 Å². The van der Waals surface area contributed by atoms with Crippen molar-refractivity contribution >= 4 is 11.9 Å². The normalized spacial score (nSPS) is 14.2. The van der Waals surface area contributed by atoms with Gasteiger partial charge in [0.05, 0.1) is 0 Å². The summed E-state index contributed by atoms with van der Waals surface area (Å²) in [6.45, 7) is 8.12. The van der Waals surface area contributed by atoms with Crippen LogP contribution in [-0.4, -0.2) is 34.5 Å². The summed E-state index contributed by atoms with van der Waals surface area (Å²) in [5.74, 6) is -2.25. The molecule has 4 nitrogen and oxygen atoms in total. The van der Waals surface area contributed by atoms with E-state index in [2.05, 4.69) is 6.92 Å². The smallest absolute Gasteiger partial charge is 0.315 e. The van der Waals surface area contributed by atoms with Crippen LogP contribution < -0.4 is 0 Å². The maximum Gasteiger partial charge on any atom is 0.315 e. The molecule has 2 atom stereocenters. The molecule has 0 spiro atoms. The highest BCUT2D eigenvalue weighted by molar-refractivity contribution is 5.96. The average Bonchev–Trinajstić information content (AvgIpc) is 2.27. The van der Waals surface area contributed by atoms with Crippen LogP contribution in [0.5, 0.6) is 0 Å². The van der Waals surface area contributed by atoms with E-state index in [4.69, 9.17) is 5.11 Å². The van der Waals surface area contributed by atoms with E-state index >= 15 is 0 Å². The molecule has 0 saturated heterocycles. The van der Waals surface area contributed by atoms with Crippen molar-refractivity contribution in [2.24, 2.45) is 5.92 Å². The minimum Gasteiger partial charge on any atom is -0.481 e. The molecule has 0 aliphatic carbocycles. The second-order valence-electron chi connectivity index (χ2n) is 4.20. The van der Waals surface area contributed by atoms with E-state index in [-0.39, 0.29) is 11.9 Å². The molecule has 0 rings (SSSR count). The molecule has 1 amide bonds. The number of unbranched alkanes of at least 4 members (excludes halogenated alkanes) is 1. The molecule has 0 aromatic carbocycles. The van der Waals surface area contributed by atoms with Crippen LogP contribution in [0, 0.1) is 5.92 Å². The first-order valence-electron chi connectivity index (χ1n) is 5.98. The van der Waals surface area contributed by atoms with Crippen LogP contribution in [0.4, 0.5) is 0 Å². The summed E-state index contributed by atoms with van der Waals surface area (Å²) >= 11 is 0. The molecule has 0 fully saturated rings. The molecule has 2 unspecified atom stereocenters. The van der Waals surface area contributed by atoms with Crippen LogP contribution in [0.25, 0.3) is 0 Å². The van der Waals surface area contributed by atoms with E-state index in [9.17, 15) is 9.59 Å². The zero-order chi connectivity index (χ0) is 12.7. The lowest BCUT2D eigenvalue weighted by Gasteiger charge is -2.30. The molecule has 0 heterocycles. The molecule has 0 aliphatic heterocycles. The van der Waals surface area contributed by atoms with E-state index in [1.807, 2.05) is 13.8 Å². The molecule has 0 aliphatic rings. The maximum atomic E-state index is 11.9. The fourth-order valence-corrected chi connectivity index (χ4v) is 1.45. The highest BCUT2D eigenvalue weighted by Gasteiger charge is 2.28. The second kappa shape index (κ2) is 7.25. The van der Waals surface area contributed by atoms with Gasteiger partial charge in [-0.15, -0.1) is 0 Å². The Morgan fingerprint density at radius 3 is 2.19 bits per heavy atom. The van der Waals surface area contributed by atoms with Gasteiger partial charge in [0, 0.05) is 12.6 Å². The van der Waals surface area contributed by atoms with Crippen LogP contribution in [0.15, 0.2) is 0 Å². The number of hydrogen-bond acceptors (Lipinski definition) is 2. The first-order chi connectivity index (χ1) is 7.45. The third-order valence-corrected chi connectivity index (χ3v) is 2.90. The zero-order valence-corrected chi connectivity index (χ0v) is 10.7. The van der Waals surface area contributed by atoms with Gasteiger partial charge in [0.2, 0.25) is 5.91 Å². The van der Waals surface area contributed by atoms with Crippen LogP contribution in [0.2, 0.25) is 0 Å². The number of amides is 1. The summed E-state index contributed by atoms with van der Waals surface area (Å²) in [6, 6.07) is 0.112. The molecule has 0 bridgehead atoms. The lowest BCUT2D eigenvalue weighted by molar-refractivity contribution is -0.151. The molecule has 1 N–H and O–H groups in total. The van der Waals surface area contributed by atoms with Crippen molar-refractivity contribution < 1.29 is 14.7 Å². The molecule has 0 saturated carbocycles. The molecule has 0 radical (unpaired) electrons. The molecule has 4 heteroatoms. The van der Waals surface area contributed by atoms with Gasteiger partial charge in [-0.2, -0.15) is 0 Å². The molecule has 0 aromatic rings. The second-order valence-corrected chi connectivity index (χ2v) is 4.20. The predicted octanol–water partition coefficient (Wildman–Crippen LogP) is 2.13. The quantitative estimate of drug-likeness (QED) is 0.680. The summed E-state index contributed by atoms with van der Waals surface area (Å²) in [5.41, 5.74) is 0. The Morgan fingerprint density at radius 1 is 1.25 bits per heavy atom. The minimum absolute atomic E-state index is 0.112. The predicted molar refractivity (Wildman–Crippen MR) is 63.2 cm³/mol. The summed E-state index contributed by atoms with van der Waals surface area (Å²) in [7, 11) is 0. The van der Waals surface area contributed by atoms with Crippen molar-refractivity contribution in [3.05, 3.63) is 0 Å². The number of carbonyl (C=O) groups is 2. The molecular formula is C12H23NO3. The number of carbonyl (C=O) groups excluding carboxylic acids is 1. The van der Waals surface area contributed by atoms with Crippen molar-refractivity contribution in [3.63, 3.8) is 0 Å². The molecule has 94 valence electrons. The highest BCUT2D eigenvalue weighted by Crippen LogP contribution is 2.11. The van der Waals surface area contributed by atoms with E-state index in [1.165, 1.54) is 6.92 Å². The van der Waals surface area contributed by atoms with Gasteiger partial charge in [-0.25, -0.2) is 0 Å². The van der Waals surface area contributed by atoms with Gasteiger partial charge in [-0.1, -0.05) is 20.3 Å². The minimum atomic E-state index is -1.05. The van der Waals surface area contributed by atoms with E-state index in [0.29, 0.717) is 6.54 Å². The van der Waals surface area contributed by atoms with Gasteiger partial charge in [-0.05, 0) is 26.7 Å². The number of hydrogen-bond donors (Lipinski definition) is 1. The summed E-state index contributed by atoms with van der Waals surface area (Å²) < 4.78 is 0. The summed E-state index contributed by atoms with van der Waals surface area (Å²) in [4.78, 5) is 24.4. The lowest BCUT2D eigenvalue weighted by Crippen LogP contribution is -2.43. The Morgan fingerprint density at radius 2 is 1.81 bits per heavy atom. The van der Waals surface area contributed by atoms with Gasteiger partial charge < -0.3 is 10.0 Å². The van der Waals surface area contributed by atoms with E-state index in [1.54, 1.807) is 4.90 Å². The Balaban J connectivity index is 4.61. The largest absolute Gasteiger partial charge is 0.481 e. The third kappa shape index (κ3) is 4.21. The van der Waals surface area contributed by atoms with Crippen LogP contribution >= 0.6 is 0 Å². The zero-order valence-electron chi connectivity index (χ0n) is 10.7. The highest BCUT2D eigenvalue weighted by atomic mass is 16.4. The van der Waals surface area contributed by atoms with Gasteiger partial charge in [0.15, 0.2) is 0 Å². The van der Waals surface area contributed by atoms with E-state index < -0.39 is 11.9 Å². The topological polar surface area (TPSA) is 57.6 Å². The van der Waals surface area contributed by atoms with Crippen LogP contribution in [0.3, 0.4) is 0 Å². The Kier molecular flexibility index (Phi) is 6.77. The molecular weight excluding hydrogens is 206 g/mol. The Labute approximate surface area is 97.6 Å². The van der Waals surface area contributed by atoms with Crippen molar-refractivity contribution in [3.8, 4) is 0 Å². The van der Waals surface area contributed by atoms with Crippen molar-refractivity contribution in [2.45, 2.75) is 53.0 Å². The standard InChI is InChI=1S/C12H23NO3/c1-5-7-8-13(9(3)6-2)11(14)10(4)12(15)16/h9-10H,5-8H2,1-4H3,(H,15,16). The molecule has 16 heavy (non-hydrogen) atoms. The summed E-state index contributed by atoms with van der Waals surface area (Å²) in [5, 5.41) is 8.83. The number of rotatable bonds is 7. The van der Waals surface area contributed by atoms with Crippen molar-refractivity contribution in [2.75, 3.05) is 6.54 Å².